The third-order valence-corrected chi connectivity index (χ3v) is 1.27. The normalized spacial score (nSPS) is 10.5. The number of rotatable bonds is 0. The number of hydrogen-bond donors (Lipinski definition) is 1. The van der Waals surface area contributed by atoms with E-state index in [4.69, 9.17) is 13.0 Å². The summed E-state index contributed by atoms with van der Waals surface area (Å²) in [5.41, 5.74) is -0.278. The number of benzene rings is 1. The van der Waals surface area contributed by atoms with E-state index in [2.05, 4.69) is 10.7 Å². The lowest BCUT2D eigenvalue weighted by molar-refractivity contribution is 0.486. The van der Waals surface area contributed by atoms with E-state index in [1.807, 2.05) is 0 Å². The van der Waals surface area contributed by atoms with Gasteiger partial charge in [0.05, 0.1) is 0 Å². The van der Waals surface area contributed by atoms with Crippen molar-refractivity contribution in [3.05, 3.63) is 35.1 Å². The molecule has 0 bridgehead atoms. The molecular formula is C7H6ClF3O3S. The molecule has 0 radical (unpaired) electrons. The van der Waals surface area contributed by atoms with Gasteiger partial charge in [0.1, 0.15) is 5.82 Å². The molecule has 1 aromatic rings. The molecule has 8 heteroatoms. The first kappa shape index (κ1) is 14.2. The molecule has 0 saturated carbocycles. The Morgan fingerprint density at radius 1 is 1.20 bits per heavy atom. The van der Waals surface area contributed by atoms with Gasteiger partial charge in [0.15, 0.2) is 11.6 Å². The molecule has 1 N–H and O–H groups in total. The molecule has 0 spiro atoms. The maximum Gasteiger partial charge on any atom is 0.353 e. The van der Waals surface area contributed by atoms with Crippen molar-refractivity contribution in [1.29, 1.82) is 0 Å². The molecule has 3 nitrogen and oxygen atoms in total. The van der Waals surface area contributed by atoms with Crippen LogP contribution < -0.4 is 0 Å². The van der Waals surface area contributed by atoms with Crippen LogP contribution in [0.1, 0.15) is 5.56 Å². The predicted molar refractivity (Wildman–Crippen MR) is 48.5 cm³/mol. The predicted octanol–water partition coefficient (Wildman–Crippen LogP) is 2.44. The molecule has 0 atom stereocenters. The average molecular weight is 263 g/mol. The van der Waals surface area contributed by atoms with Gasteiger partial charge in [-0.15, -0.1) is 0 Å². The number of halogens is 4. The lowest BCUT2D eigenvalue weighted by Gasteiger charge is -1.97. The maximum absolute atomic E-state index is 12.4. The first-order valence-electron chi connectivity index (χ1n) is 3.40. The van der Waals surface area contributed by atoms with Gasteiger partial charge in [-0.05, 0) is 19.1 Å². The highest BCUT2D eigenvalue weighted by Gasteiger charge is 2.07. The Labute approximate surface area is 88.7 Å². The molecule has 0 amide bonds. The Morgan fingerprint density at radius 3 is 1.87 bits per heavy atom. The van der Waals surface area contributed by atoms with E-state index in [-0.39, 0.29) is 5.56 Å². The lowest BCUT2D eigenvalue weighted by atomic mass is 10.2. The molecule has 0 saturated heterocycles. The van der Waals surface area contributed by atoms with Gasteiger partial charge in [0.25, 0.3) is 0 Å². The summed E-state index contributed by atoms with van der Waals surface area (Å²) in [6.45, 7) is 1.19. The van der Waals surface area contributed by atoms with Gasteiger partial charge in [-0.2, -0.15) is 8.42 Å². The van der Waals surface area contributed by atoms with Crippen LogP contribution in [-0.2, 0) is 9.33 Å². The molecule has 0 fully saturated rings. The third kappa shape index (κ3) is 6.32. The monoisotopic (exact) mass is 262 g/mol. The van der Waals surface area contributed by atoms with Crippen LogP contribution in [-0.4, -0.2) is 13.0 Å². The molecule has 86 valence electrons. The van der Waals surface area contributed by atoms with Crippen molar-refractivity contribution in [2.75, 3.05) is 0 Å². The second kappa shape index (κ2) is 5.34. The second-order valence-electron chi connectivity index (χ2n) is 2.38. The molecule has 0 aliphatic rings. The Balaban J connectivity index is 0.000000336. The summed E-state index contributed by atoms with van der Waals surface area (Å²) in [5.74, 6) is -2.85. The minimum Gasteiger partial charge on any atom is -0.273 e. The Kier molecular flexibility index (Phi) is 5.06. The maximum atomic E-state index is 12.4. The van der Waals surface area contributed by atoms with E-state index >= 15 is 0 Å². The fraction of sp³-hybridized carbons (Fsp3) is 0.143. The van der Waals surface area contributed by atoms with Crippen molar-refractivity contribution in [3.63, 3.8) is 0 Å². The van der Waals surface area contributed by atoms with Gasteiger partial charge < -0.3 is 0 Å². The topological polar surface area (TPSA) is 54.4 Å². The minimum absolute atomic E-state index is 0.278. The molecule has 0 heterocycles. The van der Waals surface area contributed by atoms with Crippen LogP contribution in [0.2, 0.25) is 0 Å². The van der Waals surface area contributed by atoms with Crippen molar-refractivity contribution < 1.29 is 26.1 Å². The smallest absolute Gasteiger partial charge is 0.273 e. The molecule has 0 aromatic heterocycles. The summed E-state index contributed by atoms with van der Waals surface area (Å²) < 4.78 is 62.1. The van der Waals surface area contributed by atoms with Crippen LogP contribution in [0.25, 0.3) is 0 Å². The van der Waals surface area contributed by atoms with Crippen molar-refractivity contribution >= 4 is 20.0 Å². The van der Waals surface area contributed by atoms with Gasteiger partial charge in [0, 0.05) is 16.2 Å². The first-order valence-corrected chi connectivity index (χ1v) is 5.66. The highest BCUT2D eigenvalue weighted by Crippen LogP contribution is 2.13. The number of hydrogen-bond acceptors (Lipinski definition) is 2. The fourth-order valence-corrected chi connectivity index (χ4v) is 0.628. The fourth-order valence-electron chi connectivity index (χ4n) is 0.628. The van der Waals surface area contributed by atoms with Crippen molar-refractivity contribution in [3.8, 4) is 0 Å². The zero-order valence-corrected chi connectivity index (χ0v) is 8.91. The SMILES string of the molecule is Cc1c(F)ccc(F)c1F.O=S(=O)(O)Cl. The van der Waals surface area contributed by atoms with Gasteiger partial charge in [-0.1, -0.05) is 0 Å². The van der Waals surface area contributed by atoms with Crippen LogP contribution >= 0.6 is 10.7 Å². The molecule has 1 rings (SSSR count). The van der Waals surface area contributed by atoms with Crippen LogP contribution in [0, 0.1) is 24.4 Å². The summed E-state index contributed by atoms with van der Waals surface area (Å²) in [7, 11) is -0.137. The third-order valence-electron chi connectivity index (χ3n) is 1.27. The summed E-state index contributed by atoms with van der Waals surface area (Å²) in [5, 5.41) is 0. The molecule has 0 aliphatic heterocycles. The molecule has 0 aliphatic carbocycles. The van der Waals surface area contributed by atoms with E-state index in [1.165, 1.54) is 6.92 Å². The summed E-state index contributed by atoms with van der Waals surface area (Å²) >= 11 is 0. The van der Waals surface area contributed by atoms with Gasteiger partial charge >= 0.3 is 9.33 Å². The van der Waals surface area contributed by atoms with Gasteiger partial charge in [-0.25, -0.2) is 13.2 Å². The second-order valence-corrected chi connectivity index (χ2v) is 4.37. The zero-order valence-electron chi connectivity index (χ0n) is 7.34. The van der Waals surface area contributed by atoms with E-state index in [9.17, 15) is 13.2 Å². The summed E-state index contributed by atoms with van der Waals surface area (Å²) in [6.07, 6.45) is 0. The van der Waals surface area contributed by atoms with Crippen molar-refractivity contribution in [2.24, 2.45) is 0 Å². The standard InChI is InChI=1S/C7H5F3.ClHO3S/c1-4-5(8)2-3-6(9)7(4)10;1-5(2,3)4/h2-3H,1H3;(H,2,3,4). The Hall–Kier alpha value is -0.790. The van der Waals surface area contributed by atoms with Crippen LogP contribution in [0.3, 0.4) is 0 Å². The molecular weight excluding hydrogens is 257 g/mol. The Bertz CT molecular complexity index is 412. The summed E-state index contributed by atoms with van der Waals surface area (Å²) in [6, 6.07) is 1.66. The largest absolute Gasteiger partial charge is 0.353 e. The van der Waals surface area contributed by atoms with Crippen LogP contribution in [0.15, 0.2) is 12.1 Å². The van der Waals surface area contributed by atoms with Crippen molar-refractivity contribution in [1.82, 2.24) is 0 Å². The van der Waals surface area contributed by atoms with Gasteiger partial charge in [0.2, 0.25) is 0 Å². The van der Waals surface area contributed by atoms with E-state index in [0.29, 0.717) is 0 Å². The average Bonchev–Trinajstić information content (AvgIpc) is 2.05. The molecule has 15 heavy (non-hydrogen) atoms. The quantitative estimate of drug-likeness (QED) is 0.444. The summed E-state index contributed by atoms with van der Waals surface area (Å²) in [4.78, 5) is 0. The first-order chi connectivity index (χ1) is 6.63. The minimum atomic E-state index is -4.19. The van der Waals surface area contributed by atoms with Crippen LogP contribution in [0.4, 0.5) is 13.2 Å². The van der Waals surface area contributed by atoms with Gasteiger partial charge in [-0.3, -0.25) is 4.55 Å². The van der Waals surface area contributed by atoms with Crippen molar-refractivity contribution in [2.45, 2.75) is 6.92 Å². The van der Waals surface area contributed by atoms with Crippen LogP contribution in [0.5, 0.6) is 0 Å². The van der Waals surface area contributed by atoms with E-state index in [1.54, 1.807) is 0 Å². The van der Waals surface area contributed by atoms with E-state index in [0.717, 1.165) is 12.1 Å². The lowest BCUT2D eigenvalue weighted by Crippen LogP contribution is -1.91. The zero-order chi connectivity index (χ0) is 12.2. The molecule has 0 unspecified atom stereocenters. The molecule has 1 aromatic carbocycles. The Morgan fingerprint density at radius 2 is 1.53 bits per heavy atom. The highest BCUT2D eigenvalue weighted by atomic mass is 35.7. The van der Waals surface area contributed by atoms with E-state index < -0.39 is 26.8 Å². The highest BCUT2D eigenvalue weighted by molar-refractivity contribution is 8.09.